The van der Waals surface area contributed by atoms with Gasteiger partial charge in [0, 0.05) is 5.39 Å². The Balaban J connectivity index is 2.59. The topological polar surface area (TPSA) is 46.5 Å². The van der Waals surface area contributed by atoms with E-state index in [4.69, 9.17) is 9.22 Å². The lowest BCUT2D eigenvalue weighted by Gasteiger charge is -2.03. The Hall–Kier alpha value is -1.68. The van der Waals surface area contributed by atoms with Gasteiger partial charge in [-0.05, 0) is 11.5 Å². The normalized spacial score (nSPS) is 10.0. The molecule has 0 amide bonds. The standard InChI is InChI=1S/C10H8O3Si/c11-14(12)13-10-7-3-5-8-4-1-2-6-9(8)10/h1-7,11H. The summed E-state index contributed by atoms with van der Waals surface area (Å²) in [5.74, 6) is 0.453. The maximum Gasteiger partial charge on any atom is 0.770 e. The van der Waals surface area contributed by atoms with Gasteiger partial charge in [0.25, 0.3) is 0 Å². The summed E-state index contributed by atoms with van der Waals surface area (Å²) >= 11 is 0. The Morgan fingerprint density at radius 1 is 1.07 bits per heavy atom. The van der Waals surface area contributed by atoms with E-state index in [1.54, 1.807) is 12.1 Å². The molecule has 2 rings (SSSR count). The molecule has 3 nitrogen and oxygen atoms in total. The van der Waals surface area contributed by atoms with Crippen molar-refractivity contribution in [1.29, 1.82) is 0 Å². The van der Waals surface area contributed by atoms with Gasteiger partial charge in [0.05, 0.1) is 0 Å². The SMILES string of the molecule is O=[Si](O)Oc1cccc2ccccc12. The van der Waals surface area contributed by atoms with Crippen molar-refractivity contribution in [2.45, 2.75) is 0 Å². The molecular weight excluding hydrogens is 196 g/mol. The van der Waals surface area contributed by atoms with Crippen LogP contribution in [-0.4, -0.2) is 14.0 Å². The smallest absolute Gasteiger partial charge is 0.511 e. The van der Waals surface area contributed by atoms with E-state index in [1.807, 2.05) is 30.3 Å². The molecule has 0 unspecified atom stereocenters. The van der Waals surface area contributed by atoms with Crippen molar-refractivity contribution >= 4 is 19.9 Å². The van der Waals surface area contributed by atoms with Crippen LogP contribution in [0.3, 0.4) is 0 Å². The summed E-state index contributed by atoms with van der Waals surface area (Å²) in [6, 6.07) is 13.0. The fraction of sp³-hybridized carbons (Fsp3) is 0. The van der Waals surface area contributed by atoms with E-state index in [9.17, 15) is 4.46 Å². The quantitative estimate of drug-likeness (QED) is 0.756. The lowest BCUT2D eigenvalue weighted by Crippen LogP contribution is -2.08. The van der Waals surface area contributed by atoms with Crippen molar-refractivity contribution in [3.63, 3.8) is 0 Å². The molecular formula is C10H8O3Si. The predicted molar refractivity (Wildman–Crippen MR) is 53.2 cm³/mol. The summed E-state index contributed by atoms with van der Waals surface area (Å²) in [6.45, 7) is 0. The van der Waals surface area contributed by atoms with Crippen molar-refractivity contribution in [2.75, 3.05) is 0 Å². The van der Waals surface area contributed by atoms with Crippen LogP contribution in [0.5, 0.6) is 5.75 Å². The molecule has 70 valence electrons. The molecule has 0 saturated carbocycles. The molecule has 4 heteroatoms. The van der Waals surface area contributed by atoms with E-state index >= 15 is 0 Å². The molecule has 0 saturated heterocycles. The summed E-state index contributed by atoms with van der Waals surface area (Å²) in [4.78, 5) is 8.69. The van der Waals surface area contributed by atoms with Crippen LogP contribution in [0.15, 0.2) is 42.5 Å². The Labute approximate surface area is 82.5 Å². The summed E-state index contributed by atoms with van der Waals surface area (Å²) in [7, 11) is -2.93. The van der Waals surface area contributed by atoms with Gasteiger partial charge in [-0.1, -0.05) is 36.4 Å². The van der Waals surface area contributed by atoms with E-state index in [0.29, 0.717) is 5.75 Å². The maximum atomic E-state index is 10.6. The average molecular weight is 204 g/mol. The summed E-state index contributed by atoms with van der Waals surface area (Å²) in [6.07, 6.45) is 0. The van der Waals surface area contributed by atoms with Crippen LogP contribution >= 0.6 is 0 Å². The highest BCUT2D eigenvalue weighted by Crippen LogP contribution is 2.24. The van der Waals surface area contributed by atoms with Gasteiger partial charge in [-0.3, -0.25) is 4.46 Å². The highest BCUT2D eigenvalue weighted by atomic mass is 28.3. The summed E-state index contributed by atoms with van der Waals surface area (Å²) in [5, 5.41) is 1.84. The fourth-order valence-electron chi connectivity index (χ4n) is 1.38. The van der Waals surface area contributed by atoms with E-state index in [-0.39, 0.29) is 0 Å². The molecule has 14 heavy (non-hydrogen) atoms. The van der Waals surface area contributed by atoms with Crippen molar-refractivity contribution in [2.24, 2.45) is 0 Å². The molecule has 1 N–H and O–H groups in total. The number of fused-ring (bicyclic) bond motifs is 1. The number of hydrogen-bond acceptors (Lipinski definition) is 2. The molecule has 0 bridgehead atoms. The Morgan fingerprint density at radius 2 is 1.79 bits per heavy atom. The van der Waals surface area contributed by atoms with Gasteiger partial charge >= 0.3 is 9.17 Å². The van der Waals surface area contributed by atoms with E-state index < -0.39 is 9.17 Å². The lowest BCUT2D eigenvalue weighted by molar-refractivity contribution is 0.340. The molecule has 0 aliphatic carbocycles. The minimum absolute atomic E-state index is 0.453. The van der Waals surface area contributed by atoms with Crippen molar-refractivity contribution in [3.8, 4) is 5.75 Å². The molecule has 0 atom stereocenters. The van der Waals surface area contributed by atoms with Gasteiger partial charge in [0.15, 0.2) is 0 Å². The average Bonchev–Trinajstić information content (AvgIpc) is 2.18. The van der Waals surface area contributed by atoms with Gasteiger partial charge in [0.2, 0.25) is 0 Å². The highest BCUT2D eigenvalue weighted by molar-refractivity contribution is 6.26. The zero-order valence-corrected chi connectivity index (χ0v) is 8.31. The third kappa shape index (κ3) is 1.65. The van der Waals surface area contributed by atoms with Crippen LogP contribution in [0.1, 0.15) is 0 Å². The van der Waals surface area contributed by atoms with Crippen molar-refractivity contribution in [1.82, 2.24) is 0 Å². The van der Waals surface area contributed by atoms with Gasteiger partial charge in [-0.2, -0.15) is 0 Å². The first kappa shape index (κ1) is 8.90. The van der Waals surface area contributed by atoms with Gasteiger partial charge in [-0.15, -0.1) is 0 Å². The first-order valence-electron chi connectivity index (χ1n) is 4.16. The molecule has 0 fully saturated rings. The highest BCUT2D eigenvalue weighted by Gasteiger charge is 2.08. The third-order valence-corrected chi connectivity index (χ3v) is 2.34. The second kappa shape index (κ2) is 3.59. The Morgan fingerprint density at radius 3 is 2.57 bits per heavy atom. The molecule has 0 spiro atoms. The third-order valence-electron chi connectivity index (χ3n) is 1.95. The van der Waals surface area contributed by atoms with Crippen LogP contribution in [-0.2, 0) is 4.46 Å². The van der Waals surface area contributed by atoms with E-state index in [2.05, 4.69) is 0 Å². The second-order valence-electron chi connectivity index (χ2n) is 2.85. The minimum atomic E-state index is -2.93. The van der Waals surface area contributed by atoms with Gasteiger partial charge < -0.3 is 9.22 Å². The fourth-order valence-corrected chi connectivity index (χ4v) is 1.74. The van der Waals surface area contributed by atoms with Crippen molar-refractivity contribution in [3.05, 3.63) is 42.5 Å². The largest absolute Gasteiger partial charge is 0.770 e. The minimum Gasteiger partial charge on any atom is -0.511 e. The van der Waals surface area contributed by atoms with Gasteiger partial charge in [-0.25, -0.2) is 0 Å². The lowest BCUT2D eigenvalue weighted by atomic mass is 10.1. The molecule has 0 aliphatic heterocycles. The first-order valence-corrected chi connectivity index (χ1v) is 5.42. The van der Waals surface area contributed by atoms with Crippen LogP contribution in [0.4, 0.5) is 0 Å². The van der Waals surface area contributed by atoms with Crippen LogP contribution in [0, 0.1) is 0 Å². The molecule has 0 heterocycles. The number of benzene rings is 2. The monoisotopic (exact) mass is 204 g/mol. The van der Waals surface area contributed by atoms with Crippen LogP contribution < -0.4 is 4.43 Å². The number of hydrogen-bond donors (Lipinski definition) is 1. The zero-order chi connectivity index (χ0) is 9.97. The van der Waals surface area contributed by atoms with Crippen molar-refractivity contribution < 1.29 is 13.7 Å². The Kier molecular flexibility index (Phi) is 2.28. The molecule has 2 aromatic rings. The van der Waals surface area contributed by atoms with Crippen LogP contribution in [0.2, 0.25) is 0 Å². The molecule has 2 aromatic carbocycles. The first-order chi connectivity index (χ1) is 6.77. The van der Waals surface area contributed by atoms with Crippen LogP contribution in [0.25, 0.3) is 10.8 Å². The second-order valence-corrected chi connectivity index (χ2v) is 3.58. The van der Waals surface area contributed by atoms with E-state index in [1.165, 1.54) is 0 Å². The summed E-state index contributed by atoms with van der Waals surface area (Å²) in [5.41, 5.74) is 0. The summed E-state index contributed by atoms with van der Waals surface area (Å²) < 4.78 is 15.4. The molecule has 0 aliphatic rings. The molecule has 0 aromatic heterocycles. The predicted octanol–water partition coefficient (Wildman–Crippen LogP) is 1.63. The molecule has 0 radical (unpaired) electrons. The number of rotatable bonds is 2. The van der Waals surface area contributed by atoms with Gasteiger partial charge in [0.1, 0.15) is 5.75 Å². The zero-order valence-electron chi connectivity index (χ0n) is 7.31. The maximum absolute atomic E-state index is 10.6. The van der Waals surface area contributed by atoms with E-state index in [0.717, 1.165) is 10.8 Å². The Bertz CT molecular complexity index is 476.